The van der Waals surface area contributed by atoms with Crippen molar-refractivity contribution in [2.24, 2.45) is 5.73 Å². The molecule has 3 N–H and O–H groups in total. The first-order chi connectivity index (χ1) is 8.35. The molecule has 0 aromatic carbocycles. The zero-order valence-electron chi connectivity index (χ0n) is 11.1. The Morgan fingerprint density at radius 3 is 2.72 bits per heavy atom. The molecule has 7 heteroatoms. The van der Waals surface area contributed by atoms with Gasteiger partial charge in [-0.2, -0.15) is 0 Å². The van der Waals surface area contributed by atoms with Crippen molar-refractivity contribution < 1.29 is 13.2 Å². The van der Waals surface area contributed by atoms with E-state index < -0.39 is 9.84 Å². The lowest BCUT2D eigenvalue weighted by Gasteiger charge is -2.33. The molecular formula is C11H23N3O3S. The molecule has 1 heterocycles. The Kier molecular flexibility index (Phi) is 5.55. The molecule has 0 radical (unpaired) electrons. The van der Waals surface area contributed by atoms with Gasteiger partial charge in [0, 0.05) is 19.1 Å². The third-order valence-corrected chi connectivity index (χ3v) is 5.10. The average Bonchev–Trinajstić information content (AvgIpc) is 2.25. The summed E-state index contributed by atoms with van der Waals surface area (Å²) in [5.41, 5.74) is 5.30. The molecule has 0 saturated carbocycles. The minimum Gasteiger partial charge on any atom is -0.368 e. The topological polar surface area (TPSA) is 92.5 Å². The van der Waals surface area contributed by atoms with E-state index in [4.69, 9.17) is 5.73 Å². The first-order valence-electron chi connectivity index (χ1n) is 6.33. The fourth-order valence-electron chi connectivity index (χ4n) is 2.25. The second-order valence-electron chi connectivity index (χ2n) is 4.80. The second-order valence-corrected chi connectivity index (χ2v) is 7.03. The van der Waals surface area contributed by atoms with Crippen LogP contribution in [0.1, 0.15) is 20.3 Å². The highest BCUT2D eigenvalue weighted by Gasteiger charge is 2.28. The van der Waals surface area contributed by atoms with Crippen molar-refractivity contribution in [2.75, 3.05) is 31.1 Å². The van der Waals surface area contributed by atoms with Gasteiger partial charge in [0.05, 0.1) is 17.5 Å². The van der Waals surface area contributed by atoms with Crippen molar-refractivity contribution in [1.82, 2.24) is 10.2 Å². The number of amides is 1. The third-order valence-electron chi connectivity index (χ3n) is 3.31. The largest absolute Gasteiger partial charge is 0.368 e. The van der Waals surface area contributed by atoms with Gasteiger partial charge in [-0.1, -0.05) is 6.92 Å². The molecule has 1 saturated heterocycles. The first-order valence-corrected chi connectivity index (χ1v) is 8.15. The standard InChI is InChI=1S/C11H23N3O3S/c1-3-13-10(11(12)15)4-5-14-6-7-18(16,17)8-9(14)2/h9-10,13H,3-8H2,1-2H3,(H2,12,15). The Hall–Kier alpha value is -0.660. The van der Waals surface area contributed by atoms with Gasteiger partial charge in [0.25, 0.3) is 0 Å². The summed E-state index contributed by atoms with van der Waals surface area (Å²) in [6.07, 6.45) is 0.619. The smallest absolute Gasteiger partial charge is 0.234 e. The van der Waals surface area contributed by atoms with Crippen LogP contribution >= 0.6 is 0 Å². The molecule has 0 spiro atoms. The predicted octanol–water partition coefficient (Wildman–Crippen LogP) is -1.04. The van der Waals surface area contributed by atoms with Crippen LogP contribution in [0.15, 0.2) is 0 Å². The molecule has 2 unspecified atom stereocenters. The summed E-state index contributed by atoms with van der Waals surface area (Å²) in [4.78, 5) is 13.3. The average molecular weight is 277 g/mol. The third kappa shape index (κ3) is 4.55. The molecule has 0 aromatic rings. The number of rotatable bonds is 6. The molecule has 1 aliphatic rings. The second kappa shape index (κ2) is 6.49. The summed E-state index contributed by atoms with van der Waals surface area (Å²) in [5.74, 6) is 0.0593. The fourth-order valence-corrected chi connectivity index (χ4v) is 3.88. The highest BCUT2D eigenvalue weighted by atomic mass is 32.2. The maximum atomic E-state index is 11.4. The van der Waals surface area contributed by atoms with Crippen molar-refractivity contribution in [1.29, 1.82) is 0 Å². The highest BCUT2D eigenvalue weighted by Crippen LogP contribution is 2.12. The zero-order chi connectivity index (χ0) is 13.8. The van der Waals surface area contributed by atoms with E-state index in [1.807, 2.05) is 13.8 Å². The quantitative estimate of drug-likeness (QED) is 0.647. The van der Waals surface area contributed by atoms with Crippen molar-refractivity contribution in [3.05, 3.63) is 0 Å². The molecule has 1 rings (SSSR count). The molecule has 106 valence electrons. The highest BCUT2D eigenvalue weighted by molar-refractivity contribution is 7.91. The Morgan fingerprint density at radius 2 is 2.22 bits per heavy atom. The van der Waals surface area contributed by atoms with Gasteiger partial charge in [0.2, 0.25) is 5.91 Å². The monoisotopic (exact) mass is 277 g/mol. The molecule has 2 atom stereocenters. The van der Waals surface area contributed by atoms with Gasteiger partial charge >= 0.3 is 0 Å². The Balaban J connectivity index is 2.46. The van der Waals surface area contributed by atoms with Gasteiger partial charge in [-0.25, -0.2) is 8.42 Å². The number of sulfone groups is 1. The summed E-state index contributed by atoms with van der Waals surface area (Å²) >= 11 is 0. The van der Waals surface area contributed by atoms with Crippen LogP contribution in [-0.2, 0) is 14.6 Å². The number of nitrogens with two attached hydrogens (primary N) is 1. The number of hydrogen-bond acceptors (Lipinski definition) is 5. The van der Waals surface area contributed by atoms with Crippen LogP contribution < -0.4 is 11.1 Å². The summed E-state index contributed by atoms with van der Waals surface area (Å²) in [6, 6.07) is -0.320. The SMILES string of the molecule is CCNC(CCN1CCS(=O)(=O)CC1C)C(N)=O. The summed E-state index contributed by atoms with van der Waals surface area (Å²) in [6.45, 7) is 5.76. The maximum absolute atomic E-state index is 11.4. The van der Waals surface area contributed by atoms with Gasteiger partial charge in [0.15, 0.2) is 9.84 Å². The van der Waals surface area contributed by atoms with Crippen LogP contribution in [0, 0.1) is 0 Å². The molecule has 6 nitrogen and oxygen atoms in total. The summed E-state index contributed by atoms with van der Waals surface area (Å²) in [5, 5.41) is 3.03. The number of primary amides is 1. The van der Waals surface area contributed by atoms with Crippen molar-refractivity contribution in [2.45, 2.75) is 32.4 Å². The van der Waals surface area contributed by atoms with E-state index in [2.05, 4.69) is 10.2 Å². The predicted molar refractivity (Wildman–Crippen MR) is 71.0 cm³/mol. The number of likely N-dealkylation sites (N-methyl/N-ethyl adjacent to an activating group) is 1. The van der Waals surface area contributed by atoms with Crippen molar-refractivity contribution in [3.63, 3.8) is 0 Å². The number of hydrogen-bond donors (Lipinski definition) is 2. The van der Waals surface area contributed by atoms with E-state index >= 15 is 0 Å². The lowest BCUT2D eigenvalue weighted by atomic mass is 10.1. The number of nitrogens with zero attached hydrogens (tertiary/aromatic N) is 1. The normalized spacial score (nSPS) is 25.8. The molecule has 0 aliphatic carbocycles. The number of carbonyl (C=O) groups is 1. The van der Waals surface area contributed by atoms with E-state index in [1.165, 1.54) is 0 Å². The van der Waals surface area contributed by atoms with E-state index in [9.17, 15) is 13.2 Å². The molecule has 0 aromatic heterocycles. The summed E-state index contributed by atoms with van der Waals surface area (Å²) in [7, 11) is -2.88. The zero-order valence-corrected chi connectivity index (χ0v) is 11.9. The van der Waals surface area contributed by atoms with E-state index in [-0.39, 0.29) is 29.5 Å². The lowest BCUT2D eigenvalue weighted by Crippen LogP contribution is -2.49. The van der Waals surface area contributed by atoms with Crippen LogP contribution in [0.25, 0.3) is 0 Å². The fraction of sp³-hybridized carbons (Fsp3) is 0.909. The number of carbonyl (C=O) groups excluding carboxylic acids is 1. The molecule has 1 aliphatic heterocycles. The molecule has 18 heavy (non-hydrogen) atoms. The van der Waals surface area contributed by atoms with Gasteiger partial charge in [0.1, 0.15) is 0 Å². The van der Waals surface area contributed by atoms with Gasteiger partial charge in [-0.05, 0) is 19.9 Å². The molecule has 1 fully saturated rings. The van der Waals surface area contributed by atoms with E-state index in [0.717, 1.165) is 0 Å². The number of nitrogens with one attached hydrogen (secondary N) is 1. The first kappa shape index (κ1) is 15.4. The van der Waals surface area contributed by atoms with Crippen LogP contribution in [-0.4, -0.2) is 62.4 Å². The lowest BCUT2D eigenvalue weighted by molar-refractivity contribution is -0.120. The van der Waals surface area contributed by atoms with E-state index in [0.29, 0.717) is 26.1 Å². The van der Waals surface area contributed by atoms with Gasteiger partial charge in [-0.3, -0.25) is 9.69 Å². The van der Waals surface area contributed by atoms with Crippen LogP contribution in [0.3, 0.4) is 0 Å². The molecule has 0 bridgehead atoms. The van der Waals surface area contributed by atoms with Crippen LogP contribution in [0.2, 0.25) is 0 Å². The summed E-state index contributed by atoms with van der Waals surface area (Å²) < 4.78 is 22.9. The van der Waals surface area contributed by atoms with Gasteiger partial charge < -0.3 is 11.1 Å². The van der Waals surface area contributed by atoms with Crippen molar-refractivity contribution >= 4 is 15.7 Å². The Labute approximate surface area is 109 Å². The van der Waals surface area contributed by atoms with E-state index in [1.54, 1.807) is 0 Å². The van der Waals surface area contributed by atoms with Crippen molar-refractivity contribution in [3.8, 4) is 0 Å². The Morgan fingerprint density at radius 1 is 1.56 bits per heavy atom. The Bertz CT molecular complexity index is 383. The molecule has 1 amide bonds. The van der Waals surface area contributed by atoms with Crippen LogP contribution in [0.4, 0.5) is 0 Å². The minimum atomic E-state index is -2.88. The van der Waals surface area contributed by atoms with Crippen LogP contribution in [0.5, 0.6) is 0 Å². The minimum absolute atomic E-state index is 0.0129. The van der Waals surface area contributed by atoms with Gasteiger partial charge in [-0.15, -0.1) is 0 Å². The molecular weight excluding hydrogens is 254 g/mol. The maximum Gasteiger partial charge on any atom is 0.234 e.